The molecule has 0 saturated carbocycles. The first kappa shape index (κ1) is 16.7. The summed E-state index contributed by atoms with van der Waals surface area (Å²) in [5.74, 6) is 1.09. The first-order valence-electron chi connectivity index (χ1n) is 7.42. The summed E-state index contributed by atoms with van der Waals surface area (Å²) in [4.78, 5) is 11.4. The molecule has 2 N–H and O–H groups in total. The lowest BCUT2D eigenvalue weighted by Crippen LogP contribution is -2.15. The van der Waals surface area contributed by atoms with E-state index in [4.69, 9.17) is 26.5 Å². The fourth-order valence-corrected chi connectivity index (χ4v) is 2.26. The highest BCUT2D eigenvalue weighted by molar-refractivity contribution is 6.34. The van der Waals surface area contributed by atoms with E-state index in [2.05, 4.69) is 15.0 Å². The molecule has 3 rings (SSSR count). The molecule has 6 nitrogen and oxygen atoms in total. The van der Waals surface area contributed by atoms with Gasteiger partial charge in [0.15, 0.2) is 5.84 Å². The number of halogens is 1. The lowest BCUT2D eigenvalue weighted by Gasteiger charge is -2.09. The van der Waals surface area contributed by atoms with E-state index < -0.39 is 0 Å². The number of hydrogen-bond donors (Lipinski definition) is 2. The quantitative estimate of drug-likeness (QED) is 0.550. The largest absolute Gasteiger partial charge is 0.481 e. The van der Waals surface area contributed by atoms with Crippen molar-refractivity contribution in [3.8, 4) is 11.6 Å². The molecule has 3 aromatic rings. The molecular formula is C18H15ClN4O2. The van der Waals surface area contributed by atoms with Gasteiger partial charge >= 0.3 is 0 Å². The van der Waals surface area contributed by atoms with Crippen LogP contribution in [0.1, 0.15) is 11.4 Å². The molecule has 0 atom stereocenters. The van der Waals surface area contributed by atoms with Crippen molar-refractivity contribution in [3.05, 3.63) is 77.2 Å². The van der Waals surface area contributed by atoms with Crippen LogP contribution in [-0.4, -0.2) is 28.8 Å². The number of methoxy groups -OCH3 is 1. The predicted molar refractivity (Wildman–Crippen MR) is 97.0 cm³/mol. The number of H-pyrrole nitrogens is 1. The Morgan fingerprint density at radius 2 is 1.92 bits per heavy atom. The minimum Gasteiger partial charge on any atom is -0.481 e. The molecule has 0 amide bonds. The monoisotopic (exact) mass is 354 g/mol. The second kappa shape index (κ2) is 7.63. The van der Waals surface area contributed by atoms with Crippen LogP contribution in [0.4, 0.5) is 0 Å². The van der Waals surface area contributed by atoms with E-state index in [1.807, 2.05) is 18.2 Å². The highest BCUT2D eigenvalue weighted by atomic mass is 35.5. The molecule has 25 heavy (non-hydrogen) atoms. The Morgan fingerprint density at radius 3 is 2.60 bits per heavy atom. The van der Waals surface area contributed by atoms with Gasteiger partial charge in [0.05, 0.1) is 12.1 Å². The van der Waals surface area contributed by atoms with Gasteiger partial charge in [-0.15, -0.1) is 0 Å². The van der Waals surface area contributed by atoms with Gasteiger partial charge in [-0.25, -0.2) is 4.98 Å². The number of para-hydroxylation sites is 1. The maximum atomic E-state index is 8.23. The summed E-state index contributed by atoms with van der Waals surface area (Å²) in [6, 6.07) is 16.0. The maximum Gasteiger partial charge on any atom is 0.246 e. The van der Waals surface area contributed by atoms with Crippen LogP contribution < -0.4 is 9.47 Å². The van der Waals surface area contributed by atoms with Gasteiger partial charge in [-0.1, -0.05) is 35.9 Å². The summed E-state index contributed by atoms with van der Waals surface area (Å²) < 4.78 is 10.9. The number of aromatic amines is 1. The lowest BCUT2D eigenvalue weighted by molar-refractivity contribution is 0.397. The van der Waals surface area contributed by atoms with Gasteiger partial charge in [-0.2, -0.15) is 4.99 Å². The first-order chi connectivity index (χ1) is 12.2. The first-order valence-corrected chi connectivity index (χ1v) is 7.80. The summed E-state index contributed by atoms with van der Waals surface area (Å²) in [6.45, 7) is 0. The molecule has 0 aliphatic heterocycles. The number of aromatic nitrogens is 2. The van der Waals surface area contributed by atoms with Crippen molar-refractivity contribution in [3.63, 3.8) is 0 Å². The predicted octanol–water partition coefficient (Wildman–Crippen LogP) is 3.92. The number of rotatable bonds is 4. The number of nitrogens with zero attached hydrogens (tertiary/aromatic N) is 2. The van der Waals surface area contributed by atoms with Crippen molar-refractivity contribution in [2.24, 2.45) is 4.99 Å². The second-order valence-electron chi connectivity index (χ2n) is 4.95. The molecule has 0 spiro atoms. The minimum absolute atomic E-state index is 0.0736. The molecule has 0 aliphatic rings. The van der Waals surface area contributed by atoms with Crippen LogP contribution in [-0.2, 0) is 0 Å². The average molecular weight is 355 g/mol. The summed E-state index contributed by atoms with van der Waals surface area (Å²) >= 11 is 6.18. The third kappa shape index (κ3) is 4.05. The number of nitrogens with one attached hydrogen (secondary N) is 2. The lowest BCUT2D eigenvalue weighted by atomic mass is 10.3. The van der Waals surface area contributed by atoms with E-state index >= 15 is 0 Å². The molecule has 0 aliphatic carbocycles. The van der Waals surface area contributed by atoms with Gasteiger partial charge in [0.1, 0.15) is 17.1 Å². The third-order valence-electron chi connectivity index (χ3n) is 3.26. The third-order valence-corrected chi connectivity index (χ3v) is 3.57. The maximum absolute atomic E-state index is 8.23. The van der Waals surface area contributed by atoms with Crippen LogP contribution in [0.25, 0.3) is 0 Å². The topological polar surface area (TPSA) is 83.4 Å². The Morgan fingerprint density at radius 1 is 1.12 bits per heavy atom. The Kier molecular flexibility index (Phi) is 5.11. The van der Waals surface area contributed by atoms with Gasteiger partial charge in [-0.3, -0.25) is 5.41 Å². The van der Waals surface area contributed by atoms with Crippen LogP contribution in [0.2, 0.25) is 5.02 Å². The van der Waals surface area contributed by atoms with Gasteiger partial charge in [0, 0.05) is 12.3 Å². The fraction of sp³-hybridized carbons (Fsp3) is 0.0556. The molecule has 2 heterocycles. The summed E-state index contributed by atoms with van der Waals surface area (Å²) in [5, 5.41) is 8.67. The van der Waals surface area contributed by atoms with Crippen LogP contribution in [0.3, 0.4) is 0 Å². The Hall–Kier alpha value is -3.12. The van der Waals surface area contributed by atoms with E-state index in [0.29, 0.717) is 28.0 Å². The van der Waals surface area contributed by atoms with Crippen molar-refractivity contribution in [1.29, 1.82) is 5.41 Å². The molecule has 2 aromatic heterocycles. The highest BCUT2D eigenvalue weighted by Gasteiger charge is 2.15. The van der Waals surface area contributed by atoms with Gasteiger partial charge in [-0.05, 0) is 24.3 Å². The molecule has 1 aromatic carbocycles. The molecular weight excluding hydrogens is 340 g/mol. The molecule has 0 saturated heterocycles. The van der Waals surface area contributed by atoms with Crippen molar-refractivity contribution >= 4 is 23.3 Å². The normalized spacial score (nSPS) is 11.2. The van der Waals surface area contributed by atoms with Gasteiger partial charge in [0.2, 0.25) is 11.8 Å². The van der Waals surface area contributed by atoms with Crippen molar-refractivity contribution < 1.29 is 9.47 Å². The molecule has 126 valence electrons. The minimum atomic E-state index is -0.0736. The summed E-state index contributed by atoms with van der Waals surface area (Å²) in [7, 11) is 1.52. The van der Waals surface area contributed by atoms with Gasteiger partial charge < -0.3 is 14.5 Å². The molecule has 0 unspecified atom stereocenters. The van der Waals surface area contributed by atoms with Crippen LogP contribution in [0, 0.1) is 5.41 Å². The number of aliphatic imine (C=N–C) groups is 1. The molecule has 7 heteroatoms. The number of pyridine rings is 1. The average Bonchev–Trinajstić information content (AvgIpc) is 3.08. The molecule has 0 bridgehead atoms. The zero-order chi connectivity index (χ0) is 17.6. The molecule has 0 radical (unpaired) electrons. The standard InChI is InChI=1S/C18H15ClN4O2/c1-24-15-9-5-8-14(22-15)17(20)23-18(16-13(19)10-11-21-16)25-12-6-3-2-4-7-12/h2-11,20-21H,1H3. The van der Waals surface area contributed by atoms with Crippen LogP contribution in [0.5, 0.6) is 11.6 Å². The van der Waals surface area contributed by atoms with Crippen molar-refractivity contribution in [2.45, 2.75) is 0 Å². The van der Waals surface area contributed by atoms with E-state index in [1.165, 1.54) is 7.11 Å². The van der Waals surface area contributed by atoms with Crippen molar-refractivity contribution in [1.82, 2.24) is 9.97 Å². The van der Waals surface area contributed by atoms with Crippen LogP contribution >= 0.6 is 11.6 Å². The smallest absolute Gasteiger partial charge is 0.246 e. The van der Waals surface area contributed by atoms with Gasteiger partial charge in [0.25, 0.3) is 0 Å². The number of hydrogen-bond acceptors (Lipinski definition) is 4. The van der Waals surface area contributed by atoms with E-state index in [9.17, 15) is 0 Å². The highest BCUT2D eigenvalue weighted by Crippen LogP contribution is 2.19. The van der Waals surface area contributed by atoms with E-state index in [1.54, 1.807) is 42.6 Å². The second-order valence-corrected chi connectivity index (χ2v) is 5.35. The summed E-state index contributed by atoms with van der Waals surface area (Å²) in [5.41, 5.74) is 0.842. The number of ether oxygens (including phenoxy) is 2. The molecule has 0 fully saturated rings. The zero-order valence-corrected chi connectivity index (χ0v) is 14.1. The number of amidine groups is 1. The Labute approximate surface area is 149 Å². The Bertz CT molecular complexity index is 906. The van der Waals surface area contributed by atoms with Crippen LogP contribution in [0.15, 0.2) is 65.8 Å². The Balaban J connectivity index is 1.97. The number of benzene rings is 1. The summed E-state index contributed by atoms with van der Waals surface area (Å²) in [6.07, 6.45) is 1.68. The zero-order valence-electron chi connectivity index (χ0n) is 13.4. The van der Waals surface area contributed by atoms with Crippen molar-refractivity contribution in [2.75, 3.05) is 7.11 Å². The van der Waals surface area contributed by atoms with E-state index in [0.717, 1.165) is 0 Å². The fourth-order valence-electron chi connectivity index (χ4n) is 2.06. The SMILES string of the molecule is COc1cccc(C(=N)N=C(Oc2ccccc2)c2[nH]ccc2Cl)n1. The van der Waals surface area contributed by atoms with E-state index in [-0.39, 0.29) is 11.7 Å².